The molecule has 2 aromatic heterocycles. The Balaban J connectivity index is 1.69. The molecule has 4 aromatic rings. The van der Waals surface area contributed by atoms with Crippen molar-refractivity contribution >= 4 is 11.7 Å². The molecule has 0 aliphatic heterocycles. The van der Waals surface area contributed by atoms with Crippen LogP contribution in [-0.4, -0.2) is 31.1 Å². The summed E-state index contributed by atoms with van der Waals surface area (Å²) in [6, 6.07) is 17.4. The number of hydrogen-bond acceptors (Lipinski definition) is 6. The zero-order chi connectivity index (χ0) is 21.8. The summed E-state index contributed by atoms with van der Waals surface area (Å²) in [6.07, 6.45) is 2.33. The average molecular weight is 413 g/mol. The van der Waals surface area contributed by atoms with Crippen LogP contribution in [0.4, 0.5) is 5.82 Å². The van der Waals surface area contributed by atoms with Crippen LogP contribution in [0.25, 0.3) is 16.8 Å². The van der Waals surface area contributed by atoms with Gasteiger partial charge in [-0.2, -0.15) is 4.68 Å². The largest absolute Gasteiger partial charge is 0.384 e. The molecular weight excluding hydrogens is 390 g/mol. The monoisotopic (exact) mass is 413 g/mol. The van der Waals surface area contributed by atoms with Gasteiger partial charge in [0.05, 0.1) is 5.69 Å². The summed E-state index contributed by atoms with van der Waals surface area (Å²) in [6.45, 7) is 4.38. The Hall–Kier alpha value is -4.07. The highest BCUT2D eigenvalue weighted by atomic mass is 16.1. The number of amides is 1. The van der Waals surface area contributed by atoms with Gasteiger partial charge in [0.2, 0.25) is 0 Å². The zero-order valence-electron chi connectivity index (χ0n) is 17.4. The van der Waals surface area contributed by atoms with E-state index in [0.717, 1.165) is 28.2 Å². The molecule has 0 aliphatic carbocycles. The maximum absolute atomic E-state index is 13.0. The first-order valence-electron chi connectivity index (χ1n) is 10.0. The van der Waals surface area contributed by atoms with Gasteiger partial charge in [0.1, 0.15) is 5.82 Å². The minimum Gasteiger partial charge on any atom is -0.384 e. The predicted molar refractivity (Wildman–Crippen MR) is 119 cm³/mol. The molecule has 0 radical (unpaired) electrons. The molecule has 2 aromatic carbocycles. The number of anilines is 1. The minimum absolute atomic E-state index is 0.196. The van der Waals surface area contributed by atoms with Crippen LogP contribution in [0, 0.1) is 6.92 Å². The highest BCUT2D eigenvalue weighted by Gasteiger charge is 2.14. The van der Waals surface area contributed by atoms with Gasteiger partial charge < -0.3 is 11.1 Å². The third-order valence-electron chi connectivity index (χ3n) is 4.96. The van der Waals surface area contributed by atoms with Crippen LogP contribution in [0.1, 0.15) is 34.2 Å². The second-order valence-electron chi connectivity index (χ2n) is 7.27. The molecule has 1 amide bonds. The fourth-order valence-corrected chi connectivity index (χ4v) is 3.23. The van der Waals surface area contributed by atoms with Crippen LogP contribution in [0.5, 0.6) is 0 Å². The zero-order valence-corrected chi connectivity index (χ0v) is 17.4. The second kappa shape index (κ2) is 8.74. The lowest BCUT2D eigenvalue weighted by molar-refractivity contribution is 0.0951. The Bertz CT molecular complexity index is 1200. The maximum atomic E-state index is 13.0. The predicted octanol–water partition coefficient (Wildman–Crippen LogP) is 3.11. The lowest BCUT2D eigenvalue weighted by atomic mass is 10.0. The SMILES string of the molecule is CCc1nnnn1-c1cc(C(=O)NCc2ccc(N)nc2)cc(-c2ccc(C)cc2)c1. The van der Waals surface area contributed by atoms with Crippen molar-refractivity contribution in [2.45, 2.75) is 26.8 Å². The van der Waals surface area contributed by atoms with Crippen molar-refractivity contribution in [2.75, 3.05) is 5.73 Å². The summed E-state index contributed by atoms with van der Waals surface area (Å²) in [4.78, 5) is 17.0. The third-order valence-corrected chi connectivity index (χ3v) is 4.96. The van der Waals surface area contributed by atoms with E-state index >= 15 is 0 Å². The summed E-state index contributed by atoms with van der Waals surface area (Å²) < 4.78 is 1.67. The molecule has 0 aliphatic rings. The average Bonchev–Trinajstić information content (AvgIpc) is 3.28. The standard InChI is InChI=1S/C23H23N7O/c1-3-22-27-28-29-30(22)20-11-18(17-7-4-15(2)5-8-17)10-19(12-20)23(31)26-14-16-6-9-21(24)25-13-16/h4-13H,3,14H2,1-2H3,(H2,24,25)(H,26,31). The number of nitrogens with two attached hydrogens (primary N) is 1. The van der Waals surface area contributed by atoms with E-state index in [-0.39, 0.29) is 5.91 Å². The molecule has 8 heteroatoms. The molecule has 3 N–H and O–H groups in total. The first-order chi connectivity index (χ1) is 15.0. The van der Waals surface area contributed by atoms with Gasteiger partial charge in [0.25, 0.3) is 5.91 Å². The van der Waals surface area contributed by atoms with Crippen molar-refractivity contribution in [3.8, 4) is 16.8 Å². The molecule has 2 heterocycles. The van der Waals surface area contributed by atoms with Crippen LogP contribution in [-0.2, 0) is 13.0 Å². The molecular formula is C23H23N7O. The van der Waals surface area contributed by atoms with E-state index < -0.39 is 0 Å². The van der Waals surface area contributed by atoms with Crippen LogP contribution in [0.3, 0.4) is 0 Å². The number of carbonyl (C=O) groups is 1. The molecule has 0 saturated heterocycles. The Morgan fingerprint density at radius 3 is 2.58 bits per heavy atom. The van der Waals surface area contributed by atoms with Crippen molar-refractivity contribution in [3.63, 3.8) is 0 Å². The van der Waals surface area contributed by atoms with Crippen molar-refractivity contribution < 1.29 is 4.79 Å². The van der Waals surface area contributed by atoms with Gasteiger partial charge in [-0.1, -0.05) is 42.8 Å². The highest BCUT2D eigenvalue weighted by Crippen LogP contribution is 2.25. The van der Waals surface area contributed by atoms with E-state index in [1.165, 1.54) is 5.56 Å². The lowest BCUT2D eigenvalue weighted by Gasteiger charge is -2.12. The quantitative estimate of drug-likeness (QED) is 0.502. The highest BCUT2D eigenvalue weighted by molar-refractivity contribution is 5.96. The number of pyridine rings is 1. The smallest absolute Gasteiger partial charge is 0.251 e. The van der Waals surface area contributed by atoms with Gasteiger partial charge in [-0.15, -0.1) is 5.10 Å². The number of nitrogen functional groups attached to an aromatic ring is 1. The third kappa shape index (κ3) is 4.58. The van der Waals surface area contributed by atoms with Crippen molar-refractivity contribution in [2.24, 2.45) is 0 Å². The summed E-state index contributed by atoms with van der Waals surface area (Å²) in [5, 5.41) is 14.9. The topological polar surface area (TPSA) is 112 Å². The number of aryl methyl sites for hydroxylation is 2. The van der Waals surface area contributed by atoms with Crippen LogP contribution >= 0.6 is 0 Å². The normalized spacial score (nSPS) is 10.8. The fourth-order valence-electron chi connectivity index (χ4n) is 3.23. The van der Waals surface area contributed by atoms with E-state index in [4.69, 9.17) is 5.73 Å². The Morgan fingerprint density at radius 2 is 1.87 bits per heavy atom. The first kappa shape index (κ1) is 20.2. The molecule has 4 rings (SSSR count). The van der Waals surface area contributed by atoms with Crippen LogP contribution < -0.4 is 11.1 Å². The molecule has 0 fully saturated rings. The van der Waals surface area contributed by atoms with Crippen molar-refractivity contribution in [3.05, 3.63) is 83.3 Å². The van der Waals surface area contributed by atoms with E-state index in [1.807, 2.05) is 56.3 Å². The summed E-state index contributed by atoms with van der Waals surface area (Å²) in [5.74, 6) is 0.970. The molecule has 0 atom stereocenters. The molecule has 8 nitrogen and oxygen atoms in total. The molecule has 31 heavy (non-hydrogen) atoms. The van der Waals surface area contributed by atoms with Gasteiger partial charge in [-0.3, -0.25) is 4.79 Å². The number of tetrazole rings is 1. The van der Waals surface area contributed by atoms with Gasteiger partial charge in [-0.05, 0) is 58.3 Å². The van der Waals surface area contributed by atoms with Crippen molar-refractivity contribution in [1.82, 2.24) is 30.5 Å². The number of rotatable bonds is 6. The minimum atomic E-state index is -0.196. The number of nitrogens with zero attached hydrogens (tertiary/aromatic N) is 5. The first-order valence-corrected chi connectivity index (χ1v) is 10.0. The van der Waals surface area contributed by atoms with E-state index in [1.54, 1.807) is 23.0 Å². The van der Waals surface area contributed by atoms with E-state index in [2.05, 4.69) is 25.8 Å². The molecule has 0 saturated carbocycles. The van der Waals surface area contributed by atoms with Crippen LogP contribution in [0.15, 0.2) is 60.8 Å². The van der Waals surface area contributed by atoms with Crippen molar-refractivity contribution in [1.29, 1.82) is 0 Å². The number of benzene rings is 2. The summed E-state index contributed by atoms with van der Waals surface area (Å²) >= 11 is 0. The Kier molecular flexibility index (Phi) is 5.70. The van der Waals surface area contributed by atoms with Gasteiger partial charge in [-0.25, -0.2) is 4.98 Å². The second-order valence-corrected chi connectivity index (χ2v) is 7.27. The number of hydrogen-bond donors (Lipinski definition) is 2. The number of aromatic nitrogens is 5. The molecule has 0 bridgehead atoms. The van der Waals surface area contributed by atoms with Gasteiger partial charge in [0, 0.05) is 24.7 Å². The van der Waals surface area contributed by atoms with E-state index in [0.29, 0.717) is 24.3 Å². The Labute approximate surface area is 180 Å². The maximum Gasteiger partial charge on any atom is 0.251 e. The summed E-state index contributed by atoms with van der Waals surface area (Å²) in [5.41, 5.74) is 10.8. The fraction of sp³-hybridized carbons (Fsp3) is 0.174. The number of nitrogens with one attached hydrogen (secondary N) is 1. The van der Waals surface area contributed by atoms with Gasteiger partial charge >= 0.3 is 0 Å². The lowest BCUT2D eigenvalue weighted by Crippen LogP contribution is -2.23. The van der Waals surface area contributed by atoms with Crippen LogP contribution in [0.2, 0.25) is 0 Å². The molecule has 0 unspecified atom stereocenters. The van der Waals surface area contributed by atoms with Gasteiger partial charge in [0.15, 0.2) is 5.82 Å². The Morgan fingerprint density at radius 1 is 1.06 bits per heavy atom. The number of carbonyl (C=O) groups excluding carboxylic acids is 1. The summed E-state index contributed by atoms with van der Waals surface area (Å²) in [7, 11) is 0. The van der Waals surface area contributed by atoms with E-state index in [9.17, 15) is 4.79 Å². The molecule has 0 spiro atoms. The molecule has 156 valence electrons.